The summed E-state index contributed by atoms with van der Waals surface area (Å²) in [4.78, 5) is 22.7. The third kappa shape index (κ3) is 4.11. The van der Waals surface area contributed by atoms with Crippen molar-refractivity contribution in [3.05, 3.63) is 27.7 Å². The monoisotopic (exact) mass is 361 g/mol. The Hall–Kier alpha value is -1.27. The van der Waals surface area contributed by atoms with Crippen molar-refractivity contribution >= 4 is 39.4 Å². The third-order valence-electron chi connectivity index (χ3n) is 2.93. The minimum absolute atomic E-state index is 0.0405. The van der Waals surface area contributed by atoms with Gasteiger partial charge in [0.1, 0.15) is 11.8 Å². The zero-order chi connectivity index (χ0) is 14.7. The standard InChI is InChI=1S/C13H13BrClNO4/c14-9-5-8(15)3-4-10(9)20-6-11(17)16-12(13(18)19)7-1-2-7/h3-5,7,12H,1-2,6H2,(H,16,17)(H,18,19). The molecule has 0 saturated heterocycles. The molecule has 1 aliphatic carbocycles. The summed E-state index contributed by atoms with van der Waals surface area (Å²) in [5.74, 6) is -0.943. The first-order valence-corrected chi connectivity index (χ1v) is 7.24. The minimum Gasteiger partial charge on any atom is -0.483 e. The van der Waals surface area contributed by atoms with Crippen LogP contribution in [0.3, 0.4) is 0 Å². The van der Waals surface area contributed by atoms with Crippen LogP contribution in [0.1, 0.15) is 12.8 Å². The number of aliphatic carboxylic acids is 1. The number of nitrogens with one attached hydrogen (secondary N) is 1. The SMILES string of the molecule is O=C(COc1ccc(Cl)cc1Br)NC(C(=O)O)C1CC1. The van der Waals surface area contributed by atoms with Crippen LogP contribution < -0.4 is 10.1 Å². The fraction of sp³-hybridized carbons (Fsp3) is 0.385. The van der Waals surface area contributed by atoms with Gasteiger partial charge in [-0.15, -0.1) is 0 Å². The maximum atomic E-state index is 11.7. The van der Waals surface area contributed by atoms with E-state index in [1.807, 2.05) is 0 Å². The average molecular weight is 363 g/mol. The van der Waals surface area contributed by atoms with Gasteiger partial charge in [-0.25, -0.2) is 4.79 Å². The van der Waals surface area contributed by atoms with Gasteiger partial charge in [-0.3, -0.25) is 4.79 Å². The number of carbonyl (C=O) groups is 2. The molecule has 1 aromatic carbocycles. The van der Waals surface area contributed by atoms with E-state index < -0.39 is 17.9 Å². The third-order valence-corrected chi connectivity index (χ3v) is 3.78. The zero-order valence-electron chi connectivity index (χ0n) is 10.4. The summed E-state index contributed by atoms with van der Waals surface area (Å²) in [6.45, 7) is -0.239. The highest BCUT2D eigenvalue weighted by molar-refractivity contribution is 9.10. The molecule has 1 aromatic rings. The molecule has 2 N–H and O–H groups in total. The molecule has 1 atom stereocenters. The van der Waals surface area contributed by atoms with Crippen molar-refractivity contribution in [3.63, 3.8) is 0 Å². The van der Waals surface area contributed by atoms with E-state index in [0.29, 0.717) is 15.2 Å². The van der Waals surface area contributed by atoms with Crippen LogP contribution in [-0.2, 0) is 9.59 Å². The number of carboxylic acids is 1. The molecule has 1 amide bonds. The van der Waals surface area contributed by atoms with E-state index in [4.69, 9.17) is 21.4 Å². The molecule has 5 nitrogen and oxygen atoms in total. The van der Waals surface area contributed by atoms with Gasteiger partial charge >= 0.3 is 5.97 Å². The van der Waals surface area contributed by atoms with Crippen LogP contribution in [0.5, 0.6) is 5.75 Å². The Balaban J connectivity index is 1.86. The fourth-order valence-corrected chi connectivity index (χ4v) is 2.56. The molecule has 108 valence electrons. The van der Waals surface area contributed by atoms with E-state index in [1.165, 1.54) is 0 Å². The van der Waals surface area contributed by atoms with Gasteiger partial charge < -0.3 is 15.2 Å². The van der Waals surface area contributed by atoms with Gasteiger partial charge in [-0.2, -0.15) is 0 Å². The van der Waals surface area contributed by atoms with Gasteiger partial charge in [0.2, 0.25) is 0 Å². The van der Waals surface area contributed by atoms with Crippen molar-refractivity contribution in [2.75, 3.05) is 6.61 Å². The highest BCUT2D eigenvalue weighted by Crippen LogP contribution is 2.32. The maximum absolute atomic E-state index is 11.7. The van der Waals surface area contributed by atoms with Crippen molar-refractivity contribution in [1.82, 2.24) is 5.32 Å². The zero-order valence-corrected chi connectivity index (χ0v) is 12.8. The molecule has 0 heterocycles. The van der Waals surface area contributed by atoms with E-state index in [0.717, 1.165) is 12.8 Å². The Morgan fingerprint density at radius 1 is 1.50 bits per heavy atom. The number of hydrogen-bond acceptors (Lipinski definition) is 3. The molecule has 0 spiro atoms. The molecule has 1 saturated carbocycles. The average Bonchev–Trinajstić information content (AvgIpc) is 3.18. The summed E-state index contributed by atoms with van der Waals surface area (Å²) in [6, 6.07) is 4.11. The quantitative estimate of drug-likeness (QED) is 0.815. The number of halogens is 2. The molecule has 1 aliphatic rings. The van der Waals surface area contributed by atoms with E-state index >= 15 is 0 Å². The molecule has 1 unspecified atom stereocenters. The van der Waals surface area contributed by atoms with Gasteiger partial charge in [0.05, 0.1) is 4.47 Å². The minimum atomic E-state index is -1.01. The first kappa shape index (κ1) is 15.1. The predicted octanol–water partition coefficient (Wildman–Crippen LogP) is 2.46. The van der Waals surface area contributed by atoms with Crippen LogP contribution in [0.2, 0.25) is 5.02 Å². The smallest absolute Gasteiger partial charge is 0.326 e. The second-order valence-electron chi connectivity index (χ2n) is 4.58. The lowest BCUT2D eigenvalue weighted by Gasteiger charge is -2.14. The lowest BCUT2D eigenvalue weighted by molar-refractivity contribution is -0.142. The van der Waals surface area contributed by atoms with Gasteiger partial charge in [-0.05, 0) is 52.9 Å². The summed E-state index contributed by atoms with van der Waals surface area (Å²) in [5.41, 5.74) is 0. The number of carboxylic acid groups (broad SMARTS) is 1. The lowest BCUT2D eigenvalue weighted by atomic mass is 10.2. The number of carbonyl (C=O) groups excluding carboxylic acids is 1. The van der Waals surface area contributed by atoms with Crippen LogP contribution in [-0.4, -0.2) is 29.6 Å². The van der Waals surface area contributed by atoms with Crippen molar-refractivity contribution in [3.8, 4) is 5.75 Å². The lowest BCUT2D eigenvalue weighted by Crippen LogP contribution is -2.44. The fourth-order valence-electron chi connectivity index (χ4n) is 1.76. The van der Waals surface area contributed by atoms with Gasteiger partial charge in [0.25, 0.3) is 5.91 Å². The van der Waals surface area contributed by atoms with Gasteiger partial charge in [-0.1, -0.05) is 11.6 Å². The summed E-state index contributed by atoms with van der Waals surface area (Å²) in [6.07, 6.45) is 1.67. The summed E-state index contributed by atoms with van der Waals surface area (Å²) >= 11 is 9.06. The Bertz CT molecular complexity index is 533. The Labute approximate surface area is 129 Å². The van der Waals surface area contributed by atoms with Gasteiger partial charge in [0, 0.05) is 5.02 Å². The molecule has 1 fully saturated rings. The number of ether oxygens (including phenoxy) is 1. The first-order chi connectivity index (χ1) is 9.47. The molecule has 0 bridgehead atoms. The highest BCUT2D eigenvalue weighted by Gasteiger charge is 2.37. The predicted molar refractivity (Wildman–Crippen MR) is 76.9 cm³/mol. The van der Waals surface area contributed by atoms with Gasteiger partial charge in [0.15, 0.2) is 6.61 Å². The number of rotatable bonds is 6. The van der Waals surface area contributed by atoms with Crippen molar-refractivity contribution < 1.29 is 19.4 Å². The molecule has 20 heavy (non-hydrogen) atoms. The Morgan fingerprint density at radius 2 is 2.20 bits per heavy atom. The second kappa shape index (κ2) is 6.45. The molecule has 7 heteroatoms. The van der Waals surface area contributed by atoms with Crippen LogP contribution in [0.25, 0.3) is 0 Å². The molecular formula is C13H13BrClNO4. The molecule has 0 aromatic heterocycles. The number of benzene rings is 1. The van der Waals surface area contributed by atoms with E-state index in [2.05, 4.69) is 21.2 Å². The largest absolute Gasteiger partial charge is 0.483 e. The van der Waals surface area contributed by atoms with E-state index in [-0.39, 0.29) is 12.5 Å². The summed E-state index contributed by atoms with van der Waals surface area (Å²) in [5, 5.41) is 12.0. The summed E-state index contributed by atoms with van der Waals surface area (Å²) in [7, 11) is 0. The van der Waals surface area contributed by atoms with Crippen molar-refractivity contribution in [2.24, 2.45) is 5.92 Å². The van der Waals surface area contributed by atoms with E-state index in [9.17, 15) is 9.59 Å². The Kier molecular flexibility index (Phi) is 4.88. The van der Waals surface area contributed by atoms with E-state index in [1.54, 1.807) is 18.2 Å². The normalized spacial score (nSPS) is 15.5. The first-order valence-electron chi connectivity index (χ1n) is 6.07. The second-order valence-corrected chi connectivity index (χ2v) is 5.88. The summed E-state index contributed by atoms with van der Waals surface area (Å²) < 4.78 is 5.96. The molecular weight excluding hydrogens is 350 g/mol. The topological polar surface area (TPSA) is 75.6 Å². The number of amides is 1. The van der Waals surface area contributed by atoms with Crippen LogP contribution in [0.4, 0.5) is 0 Å². The molecule has 0 radical (unpaired) electrons. The molecule has 0 aliphatic heterocycles. The van der Waals surface area contributed by atoms with Crippen molar-refractivity contribution in [2.45, 2.75) is 18.9 Å². The van der Waals surface area contributed by atoms with Crippen LogP contribution in [0.15, 0.2) is 22.7 Å². The van der Waals surface area contributed by atoms with Crippen LogP contribution in [0, 0.1) is 5.92 Å². The number of hydrogen-bond donors (Lipinski definition) is 2. The van der Waals surface area contributed by atoms with Crippen molar-refractivity contribution in [1.29, 1.82) is 0 Å². The molecule has 2 rings (SSSR count). The maximum Gasteiger partial charge on any atom is 0.326 e. The van der Waals surface area contributed by atoms with Crippen LogP contribution >= 0.6 is 27.5 Å². The highest BCUT2D eigenvalue weighted by atomic mass is 79.9. The Morgan fingerprint density at radius 3 is 2.75 bits per heavy atom.